The predicted molar refractivity (Wildman–Crippen MR) is 93.4 cm³/mol. The highest BCUT2D eigenvalue weighted by Crippen LogP contribution is 2.13. The lowest BCUT2D eigenvalue weighted by Gasteiger charge is -2.07. The average Bonchev–Trinajstić information content (AvgIpc) is 2.61. The minimum absolute atomic E-state index is 0.0514. The zero-order valence-corrected chi connectivity index (χ0v) is 14.9. The van der Waals surface area contributed by atoms with Gasteiger partial charge in [0.2, 0.25) is 10.0 Å². The van der Waals surface area contributed by atoms with Crippen LogP contribution in [0.1, 0.15) is 27.6 Å². The zero-order chi connectivity index (χ0) is 18.4. The molecule has 8 heteroatoms. The van der Waals surface area contributed by atoms with Gasteiger partial charge in [-0.15, -0.1) is 0 Å². The fourth-order valence-electron chi connectivity index (χ4n) is 1.97. The molecule has 0 aliphatic carbocycles. The molecule has 0 aromatic heterocycles. The maximum Gasteiger partial charge on any atom is 0.338 e. The monoisotopic (exact) mass is 381 g/mol. The highest BCUT2D eigenvalue weighted by atomic mass is 35.5. The molecule has 0 heterocycles. The Balaban J connectivity index is 2.04. The predicted octanol–water partition coefficient (Wildman–Crippen LogP) is 2.68. The number of rotatable bonds is 7. The van der Waals surface area contributed by atoms with Gasteiger partial charge in [0, 0.05) is 10.6 Å². The summed E-state index contributed by atoms with van der Waals surface area (Å²) < 4.78 is 31.5. The molecule has 0 radical (unpaired) electrons. The molecule has 2 aromatic rings. The topological polar surface area (TPSA) is 89.5 Å². The lowest BCUT2D eigenvalue weighted by molar-refractivity contribution is 0.0526. The van der Waals surface area contributed by atoms with E-state index < -0.39 is 16.0 Å². The number of hydrogen-bond acceptors (Lipinski definition) is 5. The van der Waals surface area contributed by atoms with Crippen LogP contribution in [0.2, 0.25) is 5.02 Å². The first-order valence-electron chi connectivity index (χ1n) is 7.39. The molecule has 0 spiro atoms. The first-order chi connectivity index (χ1) is 11.8. The summed E-state index contributed by atoms with van der Waals surface area (Å²) in [5, 5.41) is 0.485. The molecular weight excluding hydrogens is 366 g/mol. The number of hydrogen-bond donors (Lipinski definition) is 1. The molecule has 0 aliphatic heterocycles. The number of carbonyl (C=O) groups is 2. The van der Waals surface area contributed by atoms with Crippen LogP contribution >= 0.6 is 11.6 Å². The minimum atomic E-state index is -3.88. The van der Waals surface area contributed by atoms with E-state index in [1.54, 1.807) is 19.1 Å². The molecule has 0 saturated carbocycles. The van der Waals surface area contributed by atoms with Gasteiger partial charge in [-0.2, -0.15) is 0 Å². The summed E-state index contributed by atoms with van der Waals surface area (Å²) in [5.41, 5.74) is 0.600. The highest BCUT2D eigenvalue weighted by Gasteiger charge is 2.17. The first kappa shape index (κ1) is 19.1. The number of benzene rings is 2. The standard InChI is InChI=1S/C17H16ClNO5S/c1-2-24-17(21)13-5-9-15(10-6-13)25(22,23)19-11-16(20)12-3-7-14(18)8-4-12/h3-10,19H,2,11H2,1H3. The Bertz CT molecular complexity index is 861. The molecule has 2 rings (SSSR count). The van der Waals surface area contributed by atoms with Gasteiger partial charge in [0.25, 0.3) is 0 Å². The fourth-order valence-corrected chi connectivity index (χ4v) is 3.07. The van der Waals surface area contributed by atoms with Crippen molar-refractivity contribution in [3.8, 4) is 0 Å². The van der Waals surface area contributed by atoms with Gasteiger partial charge in [-0.25, -0.2) is 17.9 Å². The van der Waals surface area contributed by atoms with Gasteiger partial charge >= 0.3 is 5.97 Å². The largest absolute Gasteiger partial charge is 0.462 e. The minimum Gasteiger partial charge on any atom is -0.462 e. The van der Waals surface area contributed by atoms with Crippen LogP contribution in [0.15, 0.2) is 53.4 Å². The number of sulfonamides is 1. The number of halogens is 1. The summed E-state index contributed by atoms with van der Waals surface area (Å²) in [6, 6.07) is 11.4. The SMILES string of the molecule is CCOC(=O)c1ccc(S(=O)(=O)NCC(=O)c2ccc(Cl)cc2)cc1. The van der Waals surface area contributed by atoms with Gasteiger partial charge in [-0.3, -0.25) is 4.79 Å². The lowest BCUT2D eigenvalue weighted by Crippen LogP contribution is -2.29. The second-order valence-electron chi connectivity index (χ2n) is 5.00. The molecule has 0 amide bonds. The number of ketones is 1. The molecule has 1 N–H and O–H groups in total. The quantitative estimate of drug-likeness (QED) is 0.588. The highest BCUT2D eigenvalue weighted by molar-refractivity contribution is 7.89. The van der Waals surface area contributed by atoms with E-state index in [2.05, 4.69) is 4.72 Å². The summed E-state index contributed by atoms with van der Waals surface area (Å²) in [6.07, 6.45) is 0. The van der Waals surface area contributed by atoms with E-state index in [0.717, 1.165) is 0 Å². The van der Waals surface area contributed by atoms with Crippen LogP contribution in [0.25, 0.3) is 0 Å². The van der Waals surface area contributed by atoms with E-state index >= 15 is 0 Å². The molecule has 0 saturated heterocycles. The summed E-state index contributed by atoms with van der Waals surface area (Å²) in [7, 11) is -3.88. The van der Waals surface area contributed by atoms with Gasteiger partial charge in [-0.05, 0) is 55.5 Å². The molecule has 0 bridgehead atoms. The van der Waals surface area contributed by atoms with Gasteiger partial charge in [0.1, 0.15) is 0 Å². The van der Waals surface area contributed by atoms with Crippen molar-refractivity contribution >= 4 is 33.4 Å². The van der Waals surface area contributed by atoms with E-state index in [-0.39, 0.29) is 29.4 Å². The molecule has 25 heavy (non-hydrogen) atoms. The summed E-state index contributed by atoms with van der Waals surface area (Å²) in [4.78, 5) is 23.5. The molecule has 0 fully saturated rings. The number of nitrogens with one attached hydrogen (secondary N) is 1. The molecule has 6 nitrogen and oxygen atoms in total. The molecule has 0 atom stereocenters. The summed E-state index contributed by atoms with van der Waals surface area (Å²) in [5.74, 6) is -0.916. The van der Waals surface area contributed by atoms with Crippen molar-refractivity contribution in [2.24, 2.45) is 0 Å². The first-order valence-corrected chi connectivity index (χ1v) is 9.25. The van der Waals surface area contributed by atoms with E-state index in [4.69, 9.17) is 16.3 Å². The fraction of sp³-hybridized carbons (Fsp3) is 0.176. The van der Waals surface area contributed by atoms with Gasteiger partial charge in [0.05, 0.1) is 23.6 Å². The second kappa shape index (κ2) is 8.24. The Labute approximate surface area is 150 Å². The van der Waals surface area contributed by atoms with Crippen molar-refractivity contribution in [2.45, 2.75) is 11.8 Å². The Hall–Kier alpha value is -2.22. The number of esters is 1. The Morgan fingerprint density at radius 3 is 2.12 bits per heavy atom. The van der Waals surface area contributed by atoms with Crippen LogP contribution in [0.5, 0.6) is 0 Å². The van der Waals surface area contributed by atoms with Gasteiger partial charge < -0.3 is 4.74 Å². The van der Waals surface area contributed by atoms with Crippen LogP contribution in [0, 0.1) is 0 Å². The van der Waals surface area contributed by atoms with Crippen LogP contribution in [-0.4, -0.2) is 33.3 Å². The Morgan fingerprint density at radius 2 is 1.56 bits per heavy atom. The van der Waals surface area contributed by atoms with Crippen LogP contribution in [0.4, 0.5) is 0 Å². The van der Waals surface area contributed by atoms with Crippen molar-refractivity contribution in [3.05, 3.63) is 64.7 Å². The number of ether oxygens (including phenoxy) is 1. The van der Waals surface area contributed by atoms with E-state index in [0.29, 0.717) is 10.6 Å². The smallest absolute Gasteiger partial charge is 0.338 e. The van der Waals surface area contributed by atoms with Crippen molar-refractivity contribution in [2.75, 3.05) is 13.2 Å². The Kier molecular flexibility index (Phi) is 6.30. The van der Waals surface area contributed by atoms with Crippen molar-refractivity contribution in [3.63, 3.8) is 0 Å². The summed E-state index contributed by atoms with van der Waals surface area (Å²) >= 11 is 5.75. The van der Waals surface area contributed by atoms with Crippen LogP contribution in [0.3, 0.4) is 0 Å². The Morgan fingerprint density at radius 1 is 1.00 bits per heavy atom. The lowest BCUT2D eigenvalue weighted by atomic mass is 10.1. The number of Topliss-reactive ketones (excluding diaryl/α,β-unsaturated/α-hetero) is 1. The van der Waals surface area contributed by atoms with Gasteiger partial charge in [-0.1, -0.05) is 11.6 Å². The van der Waals surface area contributed by atoms with Crippen molar-refractivity contribution < 1.29 is 22.7 Å². The average molecular weight is 382 g/mol. The normalized spacial score (nSPS) is 11.1. The third-order valence-electron chi connectivity index (χ3n) is 3.26. The zero-order valence-electron chi connectivity index (χ0n) is 13.4. The molecule has 132 valence electrons. The van der Waals surface area contributed by atoms with Crippen molar-refractivity contribution in [1.82, 2.24) is 4.72 Å². The molecule has 0 aliphatic rings. The molecule has 0 unspecified atom stereocenters. The third-order valence-corrected chi connectivity index (χ3v) is 4.93. The molecule has 2 aromatic carbocycles. The third kappa shape index (κ3) is 5.12. The van der Waals surface area contributed by atoms with Crippen LogP contribution in [-0.2, 0) is 14.8 Å². The van der Waals surface area contributed by atoms with E-state index in [9.17, 15) is 18.0 Å². The number of carbonyl (C=O) groups excluding carboxylic acids is 2. The maximum atomic E-state index is 12.2. The van der Waals surface area contributed by atoms with Crippen molar-refractivity contribution in [1.29, 1.82) is 0 Å². The van der Waals surface area contributed by atoms with E-state index in [1.807, 2.05) is 0 Å². The molecular formula is C17H16ClNO5S. The van der Waals surface area contributed by atoms with E-state index in [1.165, 1.54) is 36.4 Å². The second-order valence-corrected chi connectivity index (χ2v) is 7.20. The maximum absolute atomic E-state index is 12.2. The summed E-state index contributed by atoms with van der Waals surface area (Å²) in [6.45, 7) is 1.52. The van der Waals surface area contributed by atoms with Gasteiger partial charge in [0.15, 0.2) is 5.78 Å². The van der Waals surface area contributed by atoms with Crippen LogP contribution < -0.4 is 4.72 Å².